The third kappa shape index (κ3) is 1.35. The molecule has 1 unspecified atom stereocenters. The number of hydrogen-bond donors (Lipinski definition) is 1. The van der Waals surface area contributed by atoms with Crippen LogP contribution < -0.4 is 0 Å². The van der Waals surface area contributed by atoms with Crippen molar-refractivity contribution >= 4 is 5.52 Å². The van der Waals surface area contributed by atoms with Crippen molar-refractivity contribution in [3.05, 3.63) is 35.9 Å². The second-order valence-corrected chi connectivity index (χ2v) is 4.37. The van der Waals surface area contributed by atoms with Crippen LogP contribution in [0.1, 0.15) is 30.2 Å². The second kappa shape index (κ2) is 3.07. The lowest BCUT2D eigenvalue weighted by molar-refractivity contribution is 0.147. The zero-order valence-corrected chi connectivity index (χ0v) is 8.72. The maximum atomic E-state index is 10.2. The highest BCUT2D eigenvalue weighted by molar-refractivity contribution is 5.48. The van der Waals surface area contributed by atoms with E-state index >= 15 is 0 Å². The van der Waals surface area contributed by atoms with Gasteiger partial charge in [0.05, 0.1) is 29.8 Å². The van der Waals surface area contributed by atoms with Gasteiger partial charge in [-0.05, 0) is 37.3 Å². The molecule has 1 N–H and O–H groups in total. The Kier molecular flexibility index (Phi) is 1.83. The Labute approximate surface area is 88.4 Å². The van der Waals surface area contributed by atoms with Gasteiger partial charge in [0.15, 0.2) is 0 Å². The number of fused-ring (bicyclic) bond motifs is 1. The van der Waals surface area contributed by atoms with Crippen LogP contribution in [0.2, 0.25) is 0 Å². The maximum absolute atomic E-state index is 10.2. The fourth-order valence-corrected chi connectivity index (χ4v) is 2.13. The Balaban J connectivity index is 2.20. The summed E-state index contributed by atoms with van der Waals surface area (Å²) in [6.45, 7) is 2.04. The van der Waals surface area contributed by atoms with E-state index in [1.54, 1.807) is 6.33 Å². The van der Waals surface area contributed by atoms with Gasteiger partial charge in [-0.2, -0.15) is 0 Å². The average molecular weight is 202 g/mol. The molecule has 3 rings (SSSR count). The Hall–Kier alpha value is -1.35. The molecule has 0 aliphatic heterocycles. The number of hydrogen-bond acceptors (Lipinski definition) is 2. The van der Waals surface area contributed by atoms with E-state index in [0.29, 0.717) is 5.92 Å². The lowest BCUT2D eigenvalue weighted by atomic mass is 10.1. The van der Waals surface area contributed by atoms with Crippen LogP contribution in [0.4, 0.5) is 0 Å². The summed E-state index contributed by atoms with van der Waals surface area (Å²) in [5.74, 6) is 0.455. The van der Waals surface area contributed by atoms with Gasteiger partial charge in [0.2, 0.25) is 0 Å². The van der Waals surface area contributed by atoms with Crippen LogP contribution in [0.15, 0.2) is 24.7 Å². The summed E-state index contributed by atoms with van der Waals surface area (Å²) >= 11 is 0. The smallest absolute Gasteiger partial charge is 0.0995 e. The lowest BCUT2D eigenvalue weighted by Gasteiger charge is -2.15. The fourth-order valence-electron chi connectivity index (χ4n) is 2.13. The van der Waals surface area contributed by atoms with Crippen LogP contribution in [0.5, 0.6) is 0 Å². The molecule has 1 saturated carbocycles. The van der Waals surface area contributed by atoms with Gasteiger partial charge < -0.3 is 9.51 Å². The highest BCUT2D eigenvalue weighted by Crippen LogP contribution is 2.41. The van der Waals surface area contributed by atoms with Crippen molar-refractivity contribution in [2.45, 2.75) is 25.9 Å². The zero-order chi connectivity index (χ0) is 10.4. The molecule has 78 valence electrons. The van der Waals surface area contributed by atoms with E-state index in [2.05, 4.69) is 11.1 Å². The van der Waals surface area contributed by atoms with Crippen LogP contribution in [-0.2, 0) is 0 Å². The molecule has 1 fully saturated rings. The molecule has 2 aromatic rings. The van der Waals surface area contributed by atoms with Gasteiger partial charge in [-0.1, -0.05) is 6.07 Å². The number of nitrogens with zero attached hydrogens (tertiary/aromatic N) is 2. The van der Waals surface area contributed by atoms with Crippen molar-refractivity contribution in [1.29, 1.82) is 0 Å². The fraction of sp³-hybridized carbons (Fsp3) is 0.417. The normalized spacial score (nSPS) is 18.3. The van der Waals surface area contributed by atoms with Crippen molar-refractivity contribution < 1.29 is 5.11 Å². The molecular formula is C12H14N2O. The first-order valence-corrected chi connectivity index (χ1v) is 5.37. The zero-order valence-electron chi connectivity index (χ0n) is 8.72. The summed E-state index contributed by atoms with van der Waals surface area (Å²) in [4.78, 5) is 4.12. The summed E-state index contributed by atoms with van der Waals surface area (Å²) in [5.41, 5.74) is 3.20. The lowest BCUT2D eigenvalue weighted by Crippen LogP contribution is -2.08. The van der Waals surface area contributed by atoms with Gasteiger partial charge in [-0.25, -0.2) is 4.98 Å². The minimum absolute atomic E-state index is 0.331. The van der Waals surface area contributed by atoms with Crippen molar-refractivity contribution in [1.82, 2.24) is 9.38 Å². The Bertz CT molecular complexity index is 499. The summed E-state index contributed by atoms with van der Waals surface area (Å²) in [6, 6.07) is 4.09. The Morgan fingerprint density at radius 3 is 3.00 bits per heavy atom. The molecule has 0 aromatic carbocycles. The largest absolute Gasteiger partial charge is 0.387 e. The number of aliphatic hydroxyl groups excluding tert-OH is 1. The second-order valence-electron chi connectivity index (χ2n) is 4.37. The number of pyridine rings is 1. The summed E-state index contributed by atoms with van der Waals surface area (Å²) < 4.78 is 2.00. The van der Waals surface area contributed by atoms with Gasteiger partial charge in [0.1, 0.15) is 0 Å². The first-order chi connectivity index (χ1) is 7.27. The summed E-state index contributed by atoms with van der Waals surface area (Å²) in [6.07, 6.45) is 5.56. The monoisotopic (exact) mass is 202 g/mol. The molecule has 3 heteroatoms. The molecule has 2 heterocycles. The minimum atomic E-state index is -0.331. The van der Waals surface area contributed by atoms with Gasteiger partial charge in [-0.3, -0.25) is 0 Å². The third-order valence-electron chi connectivity index (χ3n) is 3.18. The quantitative estimate of drug-likeness (QED) is 0.809. The number of imidazole rings is 1. The van der Waals surface area contributed by atoms with Crippen LogP contribution in [0.25, 0.3) is 5.52 Å². The average Bonchev–Trinajstić information content (AvgIpc) is 2.97. The number of aryl methyl sites for hydroxylation is 1. The van der Waals surface area contributed by atoms with Crippen LogP contribution in [-0.4, -0.2) is 14.5 Å². The molecule has 1 aliphatic carbocycles. The van der Waals surface area contributed by atoms with Gasteiger partial charge in [0, 0.05) is 0 Å². The predicted octanol–water partition coefficient (Wildman–Crippen LogP) is 2.09. The topological polar surface area (TPSA) is 37.5 Å². The highest BCUT2D eigenvalue weighted by atomic mass is 16.3. The van der Waals surface area contributed by atoms with Gasteiger partial charge in [0.25, 0.3) is 0 Å². The van der Waals surface area contributed by atoms with Crippen molar-refractivity contribution in [2.24, 2.45) is 5.92 Å². The first-order valence-electron chi connectivity index (χ1n) is 5.37. The molecule has 0 saturated heterocycles. The van der Waals surface area contributed by atoms with E-state index < -0.39 is 0 Å². The predicted molar refractivity (Wildman–Crippen MR) is 57.6 cm³/mol. The van der Waals surface area contributed by atoms with Crippen molar-refractivity contribution in [3.63, 3.8) is 0 Å². The number of rotatable bonds is 2. The Morgan fingerprint density at radius 2 is 2.27 bits per heavy atom. The number of aromatic nitrogens is 2. The van der Waals surface area contributed by atoms with E-state index in [9.17, 15) is 5.11 Å². The molecule has 15 heavy (non-hydrogen) atoms. The number of aliphatic hydroxyl groups is 1. The molecular weight excluding hydrogens is 188 g/mol. The third-order valence-corrected chi connectivity index (χ3v) is 3.18. The summed E-state index contributed by atoms with van der Waals surface area (Å²) in [7, 11) is 0. The van der Waals surface area contributed by atoms with E-state index in [1.807, 2.05) is 23.6 Å². The van der Waals surface area contributed by atoms with E-state index in [4.69, 9.17) is 0 Å². The molecule has 1 atom stereocenters. The molecule has 2 aromatic heterocycles. The molecule has 3 nitrogen and oxygen atoms in total. The van der Waals surface area contributed by atoms with Crippen molar-refractivity contribution in [3.8, 4) is 0 Å². The highest BCUT2D eigenvalue weighted by Gasteiger charge is 2.32. The minimum Gasteiger partial charge on any atom is -0.387 e. The standard InChI is InChI=1S/C12H14N2O/c1-8-2-5-10-6-13-7-14(10)11(8)12(15)9-3-4-9/h2,5-7,9,12,15H,3-4H2,1H3. The molecule has 0 bridgehead atoms. The summed E-state index contributed by atoms with van der Waals surface area (Å²) in [5, 5.41) is 10.2. The maximum Gasteiger partial charge on any atom is 0.0995 e. The van der Waals surface area contributed by atoms with E-state index in [0.717, 1.165) is 29.6 Å². The molecule has 0 amide bonds. The van der Waals surface area contributed by atoms with Crippen LogP contribution >= 0.6 is 0 Å². The molecule has 1 aliphatic rings. The Morgan fingerprint density at radius 1 is 1.47 bits per heavy atom. The molecule has 0 radical (unpaired) electrons. The van der Waals surface area contributed by atoms with E-state index in [-0.39, 0.29) is 6.10 Å². The van der Waals surface area contributed by atoms with Gasteiger partial charge in [-0.15, -0.1) is 0 Å². The van der Waals surface area contributed by atoms with Gasteiger partial charge >= 0.3 is 0 Å². The SMILES string of the molecule is Cc1ccc2cncn2c1C(O)C1CC1. The molecule has 0 spiro atoms. The van der Waals surface area contributed by atoms with Crippen LogP contribution in [0, 0.1) is 12.8 Å². The van der Waals surface area contributed by atoms with E-state index in [1.165, 1.54) is 0 Å². The van der Waals surface area contributed by atoms with Crippen LogP contribution in [0.3, 0.4) is 0 Å². The first kappa shape index (κ1) is 8.92. The van der Waals surface area contributed by atoms with Crippen molar-refractivity contribution in [2.75, 3.05) is 0 Å².